The van der Waals surface area contributed by atoms with Crippen LogP contribution in [0.2, 0.25) is 6.32 Å². The van der Waals surface area contributed by atoms with Gasteiger partial charge in [-0.2, -0.15) is 17.0 Å². The molecule has 166 valence electrons. The van der Waals surface area contributed by atoms with Gasteiger partial charge in [0.1, 0.15) is 5.54 Å². The van der Waals surface area contributed by atoms with E-state index in [2.05, 4.69) is 0 Å². The summed E-state index contributed by atoms with van der Waals surface area (Å²) in [6.45, 7) is 0.437. The Bertz CT molecular complexity index is 708. The van der Waals surface area contributed by atoms with Crippen molar-refractivity contribution in [2.45, 2.75) is 42.8 Å². The Morgan fingerprint density at radius 3 is 2.38 bits per heavy atom. The van der Waals surface area contributed by atoms with Crippen molar-refractivity contribution in [3.63, 3.8) is 0 Å². The first kappa shape index (κ1) is 22.8. The maximum Gasteiger partial charge on any atom is 0.451 e. The van der Waals surface area contributed by atoms with Crippen LogP contribution in [-0.2, 0) is 24.5 Å². The van der Waals surface area contributed by atoms with Crippen LogP contribution in [0.3, 0.4) is 0 Å². The van der Waals surface area contributed by atoms with Crippen molar-refractivity contribution in [1.82, 2.24) is 8.61 Å². The van der Waals surface area contributed by atoms with Gasteiger partial charge in [0, 0.05) is 25.0 Å². The van der Waals surface area contributed by atoms with Crippen LogP contribution in [0, 0.1) is 5.92 Å². The van der Waals surface area contributed by atoms with Gasteiger partial charge in [-0.05, 0) is 12.7 Å². The van der Waals surface area contributed by atoms with E-state index in [1.807, 2.05) is 0 Å². The van der Waals surface area contributed by atoms with Gasteiger partial charge >= 0.3 is 13.1 Å². The number of hydrogen-bond donors (Lipinski definition) is 5. The van der Waals surface area contributed by atoms with Gasteiger partial charge < -0.3 is 36.1 Å². The Kier molecular flexibility index (Phi) is 6.87. The normalized spacial score (nSPS) is 33.9. The van der Waals surface area contributed by atoms with E-state index in [1.54, 1.807) is 0 Å². The quantitative estimate of drug-likeness (QED) is 0.228. The molecule has 12 nitrogen and oxygen atoms in total. The smallest absolute Gasteiger partial charge is 0.451 e. The molecule has 29 heavy (non-hydrogen) atoms. The van der Waals surface area contributed by atoms with Crippen molar-refractivity contribution in [3.05, 3.63) is 0 Å². The van der Waals surface area contributed by atoms with Crippen LogP contribution < -0.4 is 11.5 Å². The van der Waals surface area contributed by atoms with Gasteiger partial charge in [-0.1, -0.05) is 6.42 Å². The Morgan fingerprint density at radius 2 is 1.90 bits per heavy atom. The number of ether oxygens (including phenoxy) is 2. The number of carboxylic acid groups (broad SMARTS) is 1. The predicted octanol–water partition coefficient (Wildman–Crippen LogP) is -3.37. The monoisotopic (exact) mass is 436 g/mol. The Balaban J connectivity index is 1.82. The molecule has 0 amide bonds. The standard InChI is InChI=1S/C15H29BN4O8S/c17-12-7-28-8-13(12)20(11-5-27-6-11)29(25,26)19-4-10(2-1-3-16(23)24)15(18,9-19)14(21)22/h10-13,23-24H,1-9,17-18H2,(H,21,22)/t10-,12?,13?,15-/m0/s1. The highest BCUT2D eigenvalue weighted by atomic mass is 32.2. The largest absolute Gasteiger partial charge is 0.480 e. The average Bonchev–Trinajstić information content (AvgIpc) is 3.15. The van der Waals surface area contributed by atoms with Crippen molar-refractivity contribution < 1.29 is 37.8 Å². The molecule has 7 N–H and O–H groups in total. The van der Waals surface area contributed by atoms with Crippen molar-refractivity contribution in [3.8, 4) is 0 Å². The molecule has 0 saturated carbocycles. The van der Waals surface area contributed by atoms with Crippen molar-refractivity contribution in [2.24, 2.45) is 17.4 Å². The van der Waals surface area contributed by atoms with Gasteiger partial charge in [-0.3, -0.25) is 4.79 Å². The van der Waals surface area contributed by atoms with Gasteiger partial charge in [0.05, 0.1) is 38.5 Å². The Morgan fingerprint density at radius 1 is 1.24 bits per heavy atom. The molecule has 3 aliphatic heterocycles. The van der Waals surface area contributed by atoms with E-state index in [4.69, 9.17) is 31.0 Å². The highest BCUT2D eigenvalue weighted by Crippen LogP contribution is 2.35. The third kappa shape index (κ3) is 4.45. The summed E-state index contributed by atoms with van der Waals surface area (Å²) in [5.74, 6) is -1.95. The number of nitrogens with zero attached hydrogens (tertiary/aromatic N) is 2. The number of carboxylic acids is 1. The highest BCUT2D eigenvalue weighted by molar-refractivity contribution is 7.86. The second kappa shape index (κ2) is 8.73. The summed E-state index contributed by atoms with van der Waals surface area (Å²) in [5.41, 5.74) is 10.4. The number of carbonyl (C=O) groups is 1. The molecule has 0 radical (unpaired) electrons. The lowest BCUT2D eigenvalue weighted by Gasteiger charge is -2.42. The van der Waals surface area contributed by atoms with Crippen LogP contribution >= 0.6 is 0 Å². The predicted molar refractivity (Wildman–Crippen MR) is 102 cm³/mol. The molecular formula is C15H29BN4O8S. The van der Waals surface area contributed by atoms with Crippen LogP contribution in [0.15, 0.2) is 0 Å². The lowest BCUT2D eigenvalue weighted by atomic mass is 9.78. The van der Waals surface area contributed by atoms with Gasteiger partial charge in [0.2, 0.25) is 0 Å². The molecular weight excluding hydrogens is 407 g/mol. The first-order valence-corrected chi connectivity index (χ1v) is 11.0. The fourth-order valence-electron chi connectivity index (χ4n) is 4.16. The number of rotatable bonds is 9. The minimum atomic E-state index is -4.07. The molecule has 4 atom stereocenters. The van der Waals surface area contributed by atoms with Gasteiger partial charge in [-0.25, -0.2) is 0 Å². The van der Waals surface area contributed by atoms with Crippen LogP contribution in [0.5, 0.6) is 0 Å². The summed E-state index contributed by atoms with van der Waals surface area (Å²) >= 11 is 0. The Hall–Kier alpha value is -0.835. The van der Waals surface area contributed by atoms with Crippen LogP contribution in [0.25, 0.3) is 0 Å². The SMILES string of the molecule is NC1COCC1N(C1COC1)S(=O)(=O)N1C[C@H](CCCB(O)O)[C@](N)(C(=O)O)C1. The zero-order valence-corrected chi connectivity index (χ0v) is 16.9. The minimum absolute atomic E-state index is 0.0543. The number of hydrogen-bond acceptors (Lipinski definition) is 9. The molecule has 0 aliphatic carbocycles. The van der Waals surface area contributed by atoms with Crippen LogP contribution in [0.1, 0.15) is 12.8 Å². The van der Waals surface area contributed by atoms with Gasteiger partial charge in [0.25, 0.3) is 10.2 Å². The maximum absolute atomic E-state index is 13.5. The molecule has 2 unspecified atom stereocenters. The fraction of sp³-hybridized carbons (Fsp3) is 0.933. The summed E-state index contributed by atoms with van der Waals surface area (Å²) in [6.07, 6.45) is 0.619. The van der Waals surface area contributed by atoms with Crippen LogP contribution in [0.4, 0.5) is 0 Å². The van der Waals surface area contributed by atoms with Crippen molar-refractivity contribution in [2.75, 3.05) is 39.5 Å². The molecule has 0 spiro atoms. The third-order valence-electron chi connectivity index (χ3n) is 6.00. The molecule has 0 aromatic heterocycles. The van der Waals surface area contributed by atoms with E-state index < -0.39 is 52.9 Å². The van der Waals surface area contributed by atoms with Crippen LogP contribution in [-0.4, -0.2) is 108 Å². The molecule has 14 heteroatoms. The summed E-state index contributed by atoms with van der Waals surface area (Å²) in [4.78, 5) is 11.9. The summed E-state index contributed by atoms with van der Waals surface area (Å²) in [6, 6.07) is -1.44. The second-order valence-corrected chi connectivity index (χ2v) is 9.88. The molecule has 0 bridgehead atoms. The first-order valence-electron chi connectivity index (χ1n) is 9.65. The van der Waals surface area contributed by atoms with E-state index >= 15 is 0 Å². The minimum Gasteiger partial charge on any atom is -0.480 e. The van der Waals surface area contributed by atoms with E-state index in [0.29, 0.717) is 6.42 Å². The third-order valence-corrected chi connectivity index (χ3v) is 8.03. The number of aliphatic carboxylic acids is 1. The zero-order chi connectivity index (χ0) is 21.4. The van der Waals surface area contributed by atoms with E-state index in [-0.39, 0.29) is 52.3 Å². The maximum atomic E-state index is 13.5. The van der Waals surface area contributed by atoms with Crippen molar-refractivity contribution >= 4 is 23.3 Å². The van der Waals surface area contributed by atoms with E-state index in [9.17, 15) is 18.3 Å². The molecule has 0 aromatic rings. The van der Waals surface area contributed by atoms with E-state index in [1.165, 1.54) is 4.31 Å². The highest BCUT2D eigenvalue weighted by Gasteiger charge is 2.55. The van der Waals surface area contributed by atoms with E-state index in [0.717, 1.165) is 4.31 Å². The first-order chi connectivity index (χ1) is 13.6. The van der Waals surface area contributed by atoms with Crippen molar-refractivity contribution in [1.29, 1.82) is 0 Å². The topological polar surface area (TPSA) is 189 Å². The lowest BCUT2D eigenvalue weighted by Crippen LogP contribution is -2.63. The summed E-state index contributed by atoms with van der Waals surface area (Å²) < 4.78 is 39.9. The molecule has 3 heterocycles. The number of nitrogens with two attached hydrogens (primary N) is 2. The molecule has 3 rings (SSSR count). The molecule has 3 aliphatic rings. The molecule has 3 fully saturated rings. The Labute approximate surface area is 170 Å². The van der Waals surface area contributed by atoms with Gasteiger partial charge in [0.15, 0.2) is 0 Å². The second-order valence-electron chi connectivity index (χ2n) is 8.04. The summed E-state index contributed by atoms with van der Waals surface area (Å²) in [7, 11) is -5.58. The fourth-order valence-corrected chi connectivity index (χ4v) is 6.23. The molecule has 0 aromatic carbocycles. The average molecular weight is 436 g/mol. The summed E-state index contributed by atoms with van der Waals surface area (Å²) in [5, 5.41) is 27.7. The van der Waals surface area contributed by atoms with Gasteiger partial charge in [-0.15, -0.1) is 0 Å². The zero-order valence-electron chi connectivity index (χ0n) is 16.1. The lowest BCUT2D eigenvalue weighted by molar-refractivity contribution is -0.144. The molecule has 3 saturated heterocycles.